The number of carbonyl (C=O) groups excluding carboxylic acids is 1. The van der Waals surface area contributed by atoms with E-state index in [1.54, 1.807) is 0 Å². The molecular weight excluding hydrogens is 220 g/mol. The number of hydrogen-bond donors (Lipinski definition) is 1. The quantitative estimate of drug-likeness (QED) is 0.594. The lowest BCUT2D eigenvalue weighted by Gasteiger charge is -2.35. The van der Waals surface area contributed by atoms with Crippen molar-refractivity contribution in [1.82, 2.24) is 4.90 Å². The molecule has 0 spiro atoms. The maximum absolute atomic E-state index is 12.0. The highest BCUT2D eigenvalue weighted by molar-refractivity contribution is 7.80. The van der Waals surface area contributed by atoms with Crippen molar-refractivity contribution in [3.63, 3.8) is 0 Å². The number of nitrogens with zero attached hydrogens (tertiary/aromatic N) is 1. The Labute approximate surface area is 103 Å². The number of rotatable bonds is 5. The first kappa shape index (κ1) is 13.4. The molecule has 3 nitrogen and oxygen atoms in total. The molecule has 16 heavy (non-hydrogen) atoms. The molecule has 0 bridgehead atoms. The van der Waals surface area contributed by atoms with E-state index in [-0.39, 0.29) is 11.9 Å². The van der Waals surface area contributed by atoms with E-state index in [0.29, 0.717) is 11.4 Å². The number of unbranched alkanes of at least 4 members (excludes halogenated alkanes) is 2. The van der Waals surface area contributed by atoms with Gasteiger partial charge in [-0.25, -0.2) is 0 Å². The molecule has 0 aliphatic carbocycles. The summed E-state index contributed by atoms with van der Waals surface area (Å²) in [6.45, 7) is 2.97. The maximum Gasteiger partial charge on any atom is 0.223 e. The van der Waals surface area contributed by atoms with Crippen LogP contribution in [0.15, 0.2) is 0 Å². The molecule has 1 fully saturated rings. The number of carbonyl (C=O) groups is 1. The van der Waals surface area contributed by atoms with Crippen molar-refractivity contribution in [2.45, 2.75) is 57.9 Å². The van der Waals surface area contributed by atoms with E-state index in [1.807, 2.05) is 4.90 Å². The van der Waals surface area contributed by atoms with Gasteiger partial charge >= 0.3 is 0 Å². The fourth-order valence-electron chi connectivity index (χ4n) is 2.20. The van der Waals surface area contributed by atoms with Crippen molar-refractivity contribution in [3.8, 4) is 0 Å². The number of hydrogen-bond acceptors (Lipinski definition) is 2. The lowest BCUT2D eigenvalue weighted by molar-refractivity contribution is -0.133. The molecule has 1 heterocycles. The van der Waals surface area contributed by atoms with E-state index in [0.717, 1.165) is 45.1 Å². The number of piperidine rings is 1. The van der Waals surface area contributed by atoms with Crippen LogP contribution in [0.3, 0.4) is 0 Å². The molecule has 0 aromatic rings. The van der Waals surface area contributed by atoms with E-state index < -0.39 is 0 Å². The van der Waals surface area contributed by atoms with Gasteiger partial charge < -0.3 is 10.6 Å². The van der Waals surface area contributed by atoms with Gasteiger partial charge in [-0.15, -0.1) is 0 Å². The minimum Gasteiger partial charge on any atom is -0.392 e. The van der Waals surface area contributed by atoms with Gasteiger partial charge in [-0.1, -0.05) is 32.0 Å². The van der Waals surface area contributed by atoms with Gasteiger partial charge in [0.05, 0.1) is 11.0 Å². The van der Waals surface area contributed by atoms with Crippen LogP contribution >= 0.6 is 12.2 Å². The summed E-state index contributed by atoms with van der Waals surface area (Å²) in [6, 6.07) is 0.0119. The second-order valence-corrected chi connectivity index (χ2v) is 4.93. The standard InChI is InChI=1S/C12H22N2OS/c1-2-3-4-8-11(15)14-9-6-5-7-10(14)12(13)16/h10H,2-9H2,1H3,(H2,13,16). The molecule has 1 aliphatic heterocycles. The highest BCUT2D eigenvalue weighted by Crippen LogP contribution is 2.19. The zero-order valence-electron chi connectivity index (χ0n) is 10.1. The van der Waals surface area contributed by atoms with Gasteiger partial charge in [0.25, 0.3) is 0 Å². The van der Waals surface area contributed by atoms with Gasteiger partial charge in [-0.2, -0.15) is 0 Å². The Morgan fingerprint density at radius 1 is 1.44 bits per heavy atom. The Balaban J connectivity index is 2.47. The van der Waals surface area contributed by atoms with Gasteiger partial charge in [0.2, 0.25) is 5.91 Å². The lowest BCUT2D eigenvalue weighted by Crippen LogP contribution is -2.49. The zero-order chi connectivity index (χ0) is 12.0. The number of thiocarbonyl (C=S) groups is 1. The molecule has 1 aliphatic rings. The summed E-state index contributed by atoms with van der Waals surface area (Å²) in [6.07, 6.45) is 7.04. The first-order valence-electron chi connectivity index (χ1n) is 6.25. The molecule has 1 amide bonds. The first-order chi connectivity index (χ1) is 7.66. The predicted octanol–water partition coefficient (Wildman–Crippen LogP) is 2.23. The molecule has 1 atom stereocenters. The summed E-state index contributed by atoms with van der Waals surface area (Å²) in [7, 11) is 0. The topological polar surface area (TPSA) is 46.3 Å². The van der Waals surface area contributed by atoms with Crippen LogP contribution in [0.25, 0.3) is 0 Å². The van der Waals surface area contributed by atoms with Crippen LogP contribution in [-0.2, 0) is 4.79 Å². The van der Waals surface area contributed by atoms with Crippen molar-refractivity contribution in [1.29, 1.82) is 0 Å². The second-order valence-electron chi connectivity index (χ2n) is 4.46. The molecule has 0 radical (unpaired) electrons. The normalized spacial score (nSPS) is 20.8. The second kappa shape index (κ2) is 6.84. The Morgan fingerprint density at radius 3 is 2.81 bits per heavy atom. The molecule has 1 unspecified atom stereocenters. The molecule has 0 aromatic carbocycles. The van der Waals surface area contributed by atoms with E-state index in [9.17, 15) is 4.79 Å². The molecule has 4 heteroatoms. The fraction of sp³-hybridized carbons (Fsp3) is 0.833. The smallest absolute Gasteiger partial charge is 0.223 e. The van der Waals surface area contributed by atoms with E-state index >= 15 is 0 Å². The summed E-state index contributed by atoms with van der Waals surface area (Å²) in [5.74, 6) is 0.228. The summed E-state index contributed by atoms with van der Waals surface area (Å²) < 4.78 is 0. The van der Waals surface area contributed by atoms with Crippen LogP contribution in [0.2, 0.25) is 0 Å². The average molecular weight is 242 g/mol. The van der Waals surface area contributed by atoms with Crippen LogP contribution in [0.5, 0.6) is 0 Å². The summed E-state index contributed by atoms with van der Waals surface area (Å²) in [5.41, 5.74) is 5.69. The SMILES string of the molecule is CCCCCC(=O)N1CCCCC1C(N)=S. The maximum atomic E-state index is 12.0. The molecule has 92 valence electrons. The molecule has 1 saturated heterocycles. The van der Waals surface area contributed by atoms with Gasteiger partial charge in [0.15, 0.2) is 0 Å². The van der Waals surface area contributed by atoms with Crippen LogP contribution in [-0.4, -0.2) is 28.4 Å². The highest BCUT2D eigenvalue weighted by atomic mass is 32.1. The van der Waals surface area contributed by atoms with Crippen LogP contribution in [0, 0.1) is 0 Å². The minimum atomic E-state index is 0.0119. The molecule has 0 saturated carbocycles. The number of nitrogens with two attached hydrogens (primary N) is 1. The molecule has 1 rings (SSSR count). The van der Waals surface area contributed by atoms with Gasteiger partial charge in [0.1, 0.15) is 0 Å². The van der Waals surface area contributed by atoms with Crippen molar-refractivity contribution in [2.75, 3.05) is 6.54 Å². The third-order valence-corrected chi connectivity index (χ3v) is 3.42. The highest BCUT2D eigenvalue weighted by Gasteiger charge is 2.27. The average Bonchev–Trinajstić information content (AvgIpc) is 2.29. The van der Waals surface area contributed by atoms with E-state index in [1.165, 1.54) is 0 Å². The Kier molecular flexibility index (Phi) is 5.74. The molecule has 2 N–H and O–H groups in total. The number of amides is 1. The Morgan fingerprint density at radius 2 is 2.19 bits per heavy atom. The minimum absolute atomic E-state index is 0.0119. The summed E-state index contributed by atoms with van der Waals surface area (Å²) in [5, 5.41) is 0. The summed E-state index contributed by atoms with van der Waals surface area (Å²) >= 11 is 5.03. The lowest BCUT2D eigenvalue weighted by atomic mass is 10.0. The molecule has 0 aromatic heterocycles. The largest absolute Gasteiger partial charge is 0.392 e. The van der Waals surface area contributed by atoms with Gasteiger partial charge in [-0.05, 0) is 25.7 Å². The Hall–Kier alpha value is -0.640. The van der Waals surface area contributed by atoms with Gasteiger partial charge in [0, 0.05) is 13.0 Å². The van der Waals surface area contributed by atoms with Crippen molar-refractivity contribution >= 4 is 23.1 Å². The predicted molar refractivity (Wildman–Crippen MR) is 70.3 cm³/mol. The van der Waals surface area contributed by atoms with Crippen molar-refractivity contribution in [3.05, 3.63) is 0 Å². The van der Waals surface area contributed by atoms with Crippen LogP contribution < -0.4 is 5.73 Å². The zero-order valence-corrected chi connectivity index (χ0v) is 10.9. The third-order valence-electron chi connectivity index (χ3n) is 3.15. The fourth-order valence-corrected chi connectivity index (χ4v) is 2.44. The third kappa shape index (κ3) is 3.74. The van der Waals surface area contributed by atoms with Crippen LogP contribution in [0.4, 0.5) is 0 Å². The number of likely N-dealkylation sites (tertiary alicyclic amines) is 1. The van der Waals surface area contributed by atoms with Crippen LogP contribution in [0.1, 0.15) is 51.9 Å². The van der Waals surface area contributed by atoms with Gasteiger partial charge in [-0.3, -0.25) is 4.79 Å². The van der Waals surface area contributed by atoms with Crippen molar-refractivity contribution < 1.29 is 4.79 Å². The molecular formula is C12H22N2OS. The monoisotopic (exact) mass is 242 g/mol. The van der Waals surface area contributed by atoms with Crippen molar-refractivity contribution in [2.24, 2.45) is 5.73 Å². The van der Waals surface area contributed by atoms with E-state index in [4.69, 9.17) is 18.0 Å². The Bertz CT molecular complexity index is 255. The summed E-state index contributed by atoms with van der Waals surface area (Å²) in [4.78, 5) is 14.4. The first-order valence-corrected chi connectivity index (χ1v) is 6.66. The van der Waals surface area contributed by atoms with E-state index in [2.05, 4.69) is 6.92 Å².